The second-order valence-corrected chi connectivity index (χ2v) is 10.1. The van der Waals surface area contributed by atoms with Crippen molar-refractivity contribution in [3.63, 3.8) is 0 Å². The fraction of sp³-hybridized carbons (Fsp3) is 0.0938. The van der Waals surface area contributed by atoms with Crippen molar-refractivity contribution >= 4 is 46.2 Å². The van der Waals surface area contributed by atoms with Crippen LogP contribution in [0.15, 0.2) is 113 Å². The average Bonchev–Trinajstić information content (AvgIpc) is 3.33. The smallest absolute Gasteiger partial charge is 0.179 e. The zero-order valence-electron chi connectivity index (χ0n) is 21.9. The van der Waals surface area contributed by atoms with Crippen LogP contribution < -0.4 is 15.0 Å². The van der Waals surface area contributed by atoms with E-state index < -0.39 is 0 Å². The van der Waals surface area contributed by atoms with E-state index in [0.29, 0.717) is 16.7 Å². The summed E-state index contributed by atoms with van der Waals surface area (Å²) in [7, 11) is 1.66. The van der Waals surface area contributed by atoms with E-state index in [2.05, 4.69) is 28.4 Å². The van der Waals surface area contributed by atoms with E-state index in [1.807, 2.05) is 96.5 Å². The normalized spacial score (nSPS) is 15.4. The van der Waals surface area contributed by atoms with E-state index in [4.69, 9.17) is 31.4 Å². The molecule has 7 rings (SSSR count). The second kappa shape index (κ2) is 9.70. The lowest BCUT2D eigenvalue weighted by Crippen LogP contribution is -2.46. The number of benzene rings is 4. The number of rotatable bonds is 4. The molecular formula is C32H25ClN6O. The zero-order valence-corrected chi connectivity index (χ0v) is 22.7. The molecule has 1 atom stereocenters. The SMILES string of the molecule is COc1cccc(NC2=Nc3ccccc3N3C2=Nc2c(c(C)nn2-c2ccccc2)[C@@H]3c2ccc(Cl)cc2)c1. The number of amidine groups is 2. The van der Waals surface area contributed by atoms with Gasteiger partial charge >= 0.3 is 0 Å². The minimum Gasteiger partial charge on any atom is -0.497 e. The van der Waals surface area contributed by atoms with Gasteiger partial charge in [-0.2, -0.15) is 5.10 Å². The van der Waals surface area contributed by atoms with Gasteiger partial charge in [0.1, 0.15) is 5.75 Å². The molecule has 1 aromatic heterocycles. The quantitative estimate of drug-likeness (QED) is 0.252. The van der Waals surface area contributed by atoms with Crippen molar-refractivity contribution in [2.75, 3.05) is 17.3 Å². The number of fused-ring (bicyclic) bond motifs is 4. The highest BCUT2D eigenvalue weighted by Crippen LogP contribution is 2.48. The molecule has 0 amide bonds. The summed E-state index contributed by atoms with van der Waals surface area (Å²) in [5.41, 5.74) is 6.62. The molecule has 0 unspecified atom stereocenters. The first-order valence-corrected chi connectivity index (χ1v) is 13.4. The number of hydrogen-bond donors (Lipinski definition) is 1. The number of aryl methyl sites for hydroxylation is 1. The summed E-state index contributed by atoms with van der Waals surface area (Å²) >= 11 is 6.33. The summed E-state index contributed by atoms with van der Waals surface area (Å²) in [5.74, 6) is 2.86. The van der Waals surface area contributed by atoms with Gasteiger partial charge in [0.2, 0.25) is 0 Å². The van der Waals surface area contributed by atoms with E-state index >= 15 is 0 Å². The van der Waals surface area contributed by atoms with Crippen LogP contribution in [0.2, 0.25) is 5.02 Å². The van der Waals surface area contributed by atoms with Crippen LogP contribution >= 0.6 is 11.6 Å². The fourth-order valence-corrected chi connectivity index (χ4v) is 5.47. The molecule has 3 heterocycles. The number of nitrogens with zero attached hydrogens (tertiary/aromatic N) is 5. The number of para-hydroxylation sites is 3. The topological polar surface area (TPSA) is 67.0 Å². The van der Waals surface area contributed by atoms with Crippen molar-refractivity contribution < 1.29 is 4.74 Å². The Hall–Kier alpha value is -4.88. The minimum atomic E-state index is -0.212. The molecule has 40 heavy (non-hydrogen) atoms. The highest BCUT2D eigenvalue weighted by atomic mass is 35.5. The lowest BCUT2D eigenvalue weighted by molar-refractivity contribution is 0.415. The van der Waals surface area contributed by atoms with E-state index in [0.717, 1.165) is 51.1 Å². The first-order chi connectivity index (χ1) is 19.6. The third-order valence-electron chi connectivity index (χ3n) is 7.16. The maximum atomic E-state index is 6.33. The van der Waals surface area contributed by atoms with Crippen LogP contribution in [0.5, 0.6) is 5.75 Å². The summed E-state index contributed by atoms with van der Waals surface area (Å²) < 4.78 is 7.38. The first kappa shape index (κ1) is 24.2. The zero-order chi connectivity index (χ0) is 27.2. The Balaban J connectivity index is 1.48. The van der Waals surface area contributed by atoms with Crippen molar-refractivity contribution in [1.29, 1.82) is 0 Å². The van der Waals surface area contributed by atoms with Crippen LogP contribution in [0, 0.1) is 6.92 Å². The number of methoxy groups -OCH3 is 1. The molecule has 1 N–H and O–H groups in total. The molecule has 0 bridgehead atoms. The van der Waals surface area contributed by atoms with E-state index in [1.54, 1.807) is 7.11 Å². The van der Waals surface area contributed by atoms with Crippen molar-refractivity contribution in [3.8, 4) is 11.4 Å². The average molecular weight is 545 g/mol. The van der Waals surface area contributed by atoms with Gasteiger partial charge < -0.3 is 15.0 Å². The van der Waals surface area contributed by atoms with Crippen LogP contribution in [-0.2, 0) is 0 Å². The van der Waals surface area contributed by atoms with Gasteiger partial charge in [0.05, 0.1) is 35.9 Å². The number of aliphatic imine (C=N–C) groups is 2. The Kier molecular flexibility index (Phi) is 5.86. The number of anilines is 2. The summed E-state index contributed by atoms with van der Waals surface area (Å²) in [6.45, 7) is 2.04. The molecule has 0 saturated carbocycles. The van der Waals surface area contributed by atoms with Gasteiger partial charge in [0.15, 0.2) is 17.5 Å². The van der Waals surface area contributed by atoms with Gasteiger partial charge in [-0.25, -0.2) is 14.7 Å². The number of nitrogens with one attached hydrogen (secondary N) is 1. The van der Waals surface area contributed by atoms with Gasteiger partial charge in [-0.3, -0.25) is 0 Å². The van der Waals surface area contributed by atoms with E-state index in [-0.39, 0.29) is 6.04 Å². The lowest BCUT2D eigenvalue weighted by Gasteiger charge is -2.40. The van der Waals surface area contributed by atoms with Gasteiger partial charge in [-0.05, 0) is 61.0 Å². The van der Waals surface area contributed by atoms with Crippen molar-refractivity contribution in [2.45, 2.75) is 13.0 Å². The standard InChI is InChI=1S/C32H25ClN6O/c1-20-28-29(21-15-17-22(33)18-16-21)38-27-14-7-6-13-26(27)35-30(34-23-9-8-12-25(19-23)40-2)32(38)36-31(28)39(37-20)24-10-4-3-5-11-24/h3-19,29H,1-2H3,(H,34,35)/t29-/m0/s1. The molecule has 0 aliphatic carbocycles. The van der Waals surface area contributed by atoms with Crippen LogP contribution in [0.4, 0.5) is 22.9 Å². The number of ether oxygens (including phenoxy) is 1. The molecule has 2 aliphatic heterocycles. The van der Waals surface area contributed by atoms with Crippen molar-refractivity contribution in [2.24, 2.45) is 9.98 Å². The van der Waals surface area contributed by atoms with Gasteiger partial charge in [-0.1, -0.05) is 60.1 Å². The predicted octanol–water partition coefficient (Wildman–Crippen LogP) is 7.64. The number of hydrogen-bond acceptors (Lipinski definition) is 6. The predicted molar refractivity (Wildman–Crippen MR) is 161 cm³/mol. The molecule has 7 nitrogen and oxygen atoms in total. The Bertz CT molecular complexity index is 1790. The molecule has 2 aliphatic rings. The molecule has 196 valence electrons. The maximum Gasteiger partial charge on any atom is 0.179 e. The van der Waals surface area contributed by atoms with E-state index in [9.17, 15) is 0 Å². The molecule has 8 heteroatoms. The van der Waals surface area contributed by atoms with Gasteiger partial charge in [0.25, 0.3) is 0 Å². The van der Waals surface area contributed by atoms with Crippen LogP contribution in [0.25, 0.3) is 5.69 Å². The van der Waals surface area contributed by atoms with Crippen LogP contribution in [0.3, 0.4) is 0 Å². The maximum absolute atomic E-state index is 6.33. The molecule has 5 aromatic rings. The Morgan fingerprint density at radius 1 is 0.850 bits per heavy atom. The monoisotopic (exact) mass is 544 g/mol. The highest BCUT2D eigenvalue weighted by molar-refractivity contribution is 6.51. The highest BCUT2D eigenvalue weighted by Gasteiger charge is 2.41. The summed E-state index contributed by atoms with van der Waals surface area (Å²) in [6, 6.07) is 33.8. The Labute approximate surface area is 237 Å². The third kappa shape index (κ3) is 4.03. The minimum absolute atomic E-state index is 0.212. The Morgan fingerprint density at radius 3 is 2.42 bits per heavy atom. The molecule has 0 fully saturated rings. The molecule has 0 saturated heterocycles. The fourth-order valence-electron chi connectivity index (χ4n) is 5.34. The van der Waals surface area contributed by atoms with Crippen LogP contribution in [0.1, 0.15) is 22.9 Å². The van der Waals surface area contributed by atoms with Crippen molar-refractivity contribution in [3.05, 3.63) is 125 Å². The number of halogens is 1. The first-order valence-electron chi connectivity index (χ1n) is 13.0. The lowest BCUT2D eigenvalue weighted by atomic mass is 9.93. The molecule has 0 spiro atoms. The van der Waals surface area contributed by atoms with Gasteiger partial charge in [0, 0.05) is 22.3 Å². The van der Waals surface area contributed by atoms with Crippen LogP contribution in [-0.4, -0.2) is 28.6 Å². The summed E-state index contributed by atoms with van der Waals surface area (Å²) in [5, 5.41) is 9.19. The number of aromatic nitrogens is 2. The summed E-state index contributed by atoms with van der Waals surface area (Å²) in [4.78, 5) is 12.6. The summed E-state index contributed by atoms with van der Waals surface area (Å²) in [6.07, 6.45) is 0. The second-order valence-electron chi connectivity index (χ2n) is 9.64. The van der Waals surface area contributed by atoms with E-state index in [1.165, 1.54) is 0 Å². The van der Waals surface area contributed by atoms with Gasteiger partial charge in [-0.15, -0.1) is 0 Å². The largest absolute Gasteiger partial charge is 0.497 e. The molecular weight excluding hydrogens is 520 g/mol. The Morgan fingerprint density at radius 2 is 1.62 bits per heavy atom. The van der Waals surface area contributed by atoms with Crippen molar-refractivity contribution in [1.82, 2.24) is 9.78 Å². The molecule has 0 radical (unpaired) electrons. The third-order valence-corrected chi connectivity index (χ3v) is 7.41. The molecule has 4 aromatic carbocycles.